The minimum Gasteiger partial charge on any atom is -0.457 e. The lowest BCUT2D eigenvalue weighted by atomic mass is 9.94. The highest BCUT2D eigenvalue weighted by molar-refractivity contribution is 6.13. The summed E-state index contributed by atoms with van der Waals surface area (Å²) in [6.07, 6.45) is 3.87. The summed E-state index contributed by atoms with van der Waals surface area (Å²) in [6.45, 7) is 0. The molecule has 48 heavy (non-hydrogen) atoms. The summed E-state index contributed by atoms with van der Waals surface area (Å²) < 4.78 is 8.74. The first-order valence-corrected chi connectivity index (χ1v) is 16.1. The molecule has 0 unspecified atom stereocenters. The van der Waals surface area contributed by atoms with E-state index in [9.17, 15) is 0 Å². The third-order valence-electron chi connectivity index (χ3n) is 9.50. The number of ether oxygens (including phenoxy) is 1. The number of aromatic nitrogens is 3. The molecule has 0 bridgehead atoms. The van der Waals surface area contributed by atoms with Crippen LogP contribution in [0.4, 0.5) is 0 Å². The predicted octanol–water partition coefficient (Wildman–Crippen LogP) is 11.5. The lowest BCUT2D eigenvalue weighted by molar-refractivity contribution is 0.483. The van der Waals surface area contributed by atoms with Crippen molar-refractivity contribution in [2.75, 3.05) is 0 Å². The van der Waals surface area contributed by atoms with E-state index in [0.29, 0.717) is 0 Å². The Morgan fingerprint density at radius 3 is 2.02 bits per heavy atom. The number of nitrogens with zero attached hydrogens (tertiary/aromatic N) is 3. The van der Waals surface area contributed by atoms with Crippen LogP contribution < -0.4 is 4.74 Å². The van der Waals surface area contributed by atoms with Gasteiger partial charge >= 0.3 is 0 Å². The van der Waals surface area contributed by atoms with Crippen molar-refractivity contribution in [2.24, 2.45) is 0 Å². The van der Waals surface area contributed by atoms with Gasteiger partial charge in [0.05, 0.1) is 16.7 Å². The van der Waals surface area contributed by atoms with E-state index < -0.39 is 0 Å². The second-order valence-corrected chi connectivity index (χ2v) is 12.2. The third-order valence-corrected chi connectivity index (χ3v) is 9.50. The second kappa shape index (κ2) is 10.5. The molecule has 10 rings (SSSR count). The van der Waals surface area contributed by atoms with Gasteiger partial charge in [0.25, 0.3) is 0 Å². The molecule has 0 fully saturated rings. The van der Waals surface area contributed by atoms with Crippen molar-refractivity contribution >= 4 is 32.6 Å². The van der Waals surface area contributed by atoms with Gasteiger partial charge in [0, 0.05) is 40.4 Å². The topological polar surface area (TPSA) is 39.9 Å². The number of rotatable bonds is 4. The molecule has 9 aromatic rings. The quantitative estimate of drug-likeness (QED) is 0.198. The highest BCUT2D eigenvalue weighted by Crippen LogP contribution is 2.48. The lowest BCUT2D eigenvalue weighted by Crippen LogP contribution is -1.96. The average molecular weight is 614 g/mol. The maximum absolute atomic E-state index is 6.54. The van der Waals surface area contributed by atoms with Gasteiger partial charge in [-0.3, -0.25) is 9.55 Å². The molecule has 1 aliphatic carbocycles. The minimum absolute atomic E-state index is 0.752. The smallest absolute Gasteiger partial charge is 0.137 e. The number of para-hydroxylation sites is 1. The Balaban J connectivity index is 1.07. The van der Waals surface area contributed by atoms with Crippen molar-refractivity contribution in [3.63, 3.8) is 0 Å². The first-order valence-electron chi connectivity index (χ1n) is 16.1. The Kier molecular flexibility index (Phi) is 5.84. The van der Waals surface area contributed by atoms with Crippen LogP contribution in [0.3, 0.4) is 0 Å². The Morgan fingerprint density at radius 2 is 1.17 bits per heavy atom. The standard InChI is InChI=1S/C44H27N3O/c1-2-15-33-32(14-1)36-17-8-10-28-11-9-18-37(44(28)36)39-27-46-40(26-38(33)39)29-12-7-13-30(24-29)48-31-21-22-35-34-16-3-4-19-41(34)47(42(35)25-31)43-20-5-6-23-45-43/h1-27H. The van der Waals surface area contributed by atoms with E-state index in [1.807, 2.05) is 48.8 Å². The van der Waals surface area contributed by atoms with Gasteiger partial charge in [-0.05, 0) is 87.1 Å². The summed E-state index contributed by atoms with van der Waals surface area (Å²) in [7, 11) is 0. The van der Waals surface area contributed by atoms with Crippen LogP contribution in [0.1, 0.15) is 0 Å². The number of pyridine rings is 2. The molecule has 6 aromatic carbocycles. The molecule has 0 atom stereocenters. The third kappa shape index (κ3) is 4.10. The Hall–Kier alpha value is -6.52. The normalized spacial score (nSPS) is 11.8. The fourth-order valence-corrected chi connectivity index (χ4v) is 7.40. The molecular weight excluding hydrogens is 587 g/mol. The van der Waals surface area contributed by atoms with E-state index in [1.165, 1.54) is 44.0 Å². The molecular formula is C44H27N3O. The average Bonchev–Trinajstić information content (AvgIpc) is 3.42. The van der Waals surface area contributed by atoms with Gasteiger partial charge in [-0.1, -0.05) is 97.1 Å². The summed E-state index contributed by atoms with van der Waals surface area (Å²) in [5, 5.41) is 4.85. The first kappa shape index (κ1) is 26.7. The highest BCUT2D eigenvalue weighted by Gasteiger charge is 2.22. The fraction of sp³-hybridized carbons (Fsp3) is 0. The van der Waals surface area contributed by atoms with Crippen LogP contribution in [0.5, 0.6) is 11.5 Å². The number of hydrogen-bond donors (Lipinski definition) is 0. The maximum Gasteiger partial charge on any atom is 0.137 e. The van der Waals surface area contributed by atoms with E-state index in [2.05, 4.69) is 125 Å². The molecule has 224 valence electrons. The zero-order chi connectivity index (χ0) is 31.6. The summed E-state index contributed by atoms with van der Waals surface area (Å²) in [6, 6.07) is 53.0. The van der Waals surface area contributed by atoms with Crippen molar-refractivity contribution in [3.05, 3.63) is 164 Å². The molecule has 0 radical (unpaired) electrons. The summed E-state index contributed by atoms with van der Waals surface area (Å²) in [5.74, 6) is 2.38. The van der Waals surface area contributed by atoms with Gasteiger partial charge in [0.15, 0.2) is 0 Å². The fourth-order valence-electron chi connectivity index (χ4n) is 7.40. The maximum atomic E-state index is 6.54. The van der Waals surface area contributed by atoms with Crippen LogP contribution in [-0.4, -0.2) is 14.5 Å². The molecule has 0 aliphatic heterocycles. The minimum atomic E-state index is 0.752. The van der Waals surface area contributed by atoms with Gasteiger partial charge in [-0.15, -0.1) is 0 Å². The van der Waals surface area contributed by atoms with E-state index in [-0.39, 0.29) is 0 Å². The molecule has 4 nitrogen and oxygen atoms in total. The summed E-state index contributed by atoms with van der Waals surface area (Å²) in [4.78, 5) is 9.70. The zero-order valence-corrected chi connectivity index (χ0v) is 25.8. The molecule has 0 saturated heterocycles. The number of hydrogen-bond acceptors (Lipinski definition) is 3. The second-order valence-electron chi connectivity index (χ2n) is 12.2. The molecule has 3 aromatic heterocycles. The molecule has 3 heterocycles. The van der Waals surface area contributed by atoms with E-state index in [0.717, 1.165) is 50.6 Å². The van der Waals surface area contributed by atoms with Crippen LogP contribution >= 0.6 is 0 Å². The highest BCUT2D eigenvalue weighted by atomic mass is 16.5. The van der Waals surface area contributed by atoms with Gasteiger partial charge in [-0.25, -0.2) is 4.98 Å². The van der Waals surface area contributed by atoms with Crippen LogP contribution in [-0.2, 0) is 0 Å². The Bertz CT molecular complexity index is 2700. The van der Waals surface area contributed by atoms with Crippen LogP contribution in [0.15, 0.2) is 164 Å². The van der Waals surface area contributed by atoms with Crippen molar-refractivity contribution in [1.82, 2.24) is 14.5 Å². The molecule has 4 heteroatoms. The van der Waals surface area contributed by atoms with E-state index in [4.69, 9.17) is 9.72 Å². The molecule has 0 spiro atoms. The molecule has 1 aliphatic rings. The first-order chi connectivity index (χ1) is 23.8. The Labute approximate surface area is 277 Å². The SMILES string of the molecule is c1ccc(-n2c3ccccc3c3ccc(Oc4cccc(-c5cc6c(cn5)-c5cccc7cccc(c57)-c5ccccc5-6)c4)cc32)nc1. The molecule has 0 amide bonds. The Morgan fingerprint density at radius 1 is 0.458 bits per heavy atom. The summed E-state index contributed by atoms with van der Waals surface area (Å²) >= 11 is 0. The van der Waals surface area contributed by atoms with Gasteiger partial charge in [0.2, 0.25) is 0 Å². The molecule has 0 saturated carbocycles. The van der Waals surface area contributed by atoms with Crippen molar-refractivity contribution in [2.45, 2.75) is 0 Å². The van der Waals surface area contributed by atoms with Crippen LogP contribution in [0.2, 0.25) is 0 Å². The van der Waals surface area contributed by atoms with Gasteiger partial charge in [0.1, 0.15) is 17.3 Å². The van der Waals surface area contributed by atoms with Crippen molar-refractivity contribution in [3.8, 4) is 62.0 Å². The van der Waals surface area contributed by atoms with Gasteiger partial charge in [-0.2, -0.15) is 0 Å². The molecule has 0 N–H and O–H groups in total. The van der Waals surface area contributed by atoms with Crippen molar-refractivity contribution < 1.29 is 4.74 Å². The van der Waals surface area contributed by atoms with Crippen LogP contribution in [0.25, 0.3) is 83.0 Å². The monoisotopic (exact) mass is 613 g/mol. The van der Waals surface area contributed by atoms with Crippen molar-refractivity contribution in [1.29, 1.82) is 0 Å². The lowest BCUT2D eigenvalue weighted by Gasteiger charge is -2.13. The number of benzene rings is 6. The predicted molar refractivity (Wildman–Crippen MR) is 196 cm³/mol. The summed E-state index contributed by atoms with van der Waals surface area (Å²) in [5.41, 5.74) is 11.3. The largest absolute Gasteiger partial charge is 0.457 e. The van der Waals surface area contributed by atoms with E-state index in [1.54, 1.807) is 0 Å². The van der Waals surface area contributed by atoms with E-state index >= 15 is 0 Å². The van der Waals surface area contributed by atoms with Crippen LogP contribution in [0, 0.1) is 0 Å². The zero-order valence-electron chi connectivity index (χ0n) is 25.8. The van der Waals surface area contributed by atoms with Gasteiger partial charge < -0.3 is 4.74 Å². The number of fused-ring (bicyclic) bond motifs is 8.